The zero-order valence-electron chi connectivity index (χ0n) is 16.7. The molecule has 30 heavy (non-hydrogen) atoms. The molecular formula is C20H20N4O5S. The molecule has 1 aliphatic rings. The highest BCUT2D eigenvalue weighted by atomic mass is 32.1. The molecule has 2 heterocycles. The number of carbonyl (C=O) groups is 2. The molecule has 0 aliphatic carbocycles. The van der Waals surface area contributed by atoms with Crippen LogP contribution in [-0.4, -0.2) is 51.6 Å². The number of nitrogens with one attached hydrogen (secondary N) is 1. The molecule has 0 unspecified atom stereocenters. The number of aryl methyl sites for hydroxylation is 1. The molecule has 10 heteroatoms. The summed E-state index contributed by atoms with van der Waals surface area (Å²) in [6.45, 7) is 4.23. The van der Waals surface area contributed by atoms with E-state index in [0.29, 0.717) is 5.56 Å². The molecule has 2 amide bonds. The number of amides is 2. The number of nitro groups is 1. The molecule has 0 bridgehead atoms. The summed E-state index contributed by atoms with van der Waals surface area (Å²) in [4.78, 5) is 36.9. The summed E-state index contributed by atoms with van der Waals surface area (Å²) in [6.07, 6.45) is 1.53. The summed E-state index contributed by atoms with van der Waals surface area (Å²) < 4.78 is 6.90. The minimum absolute atomic E-state index is 0.000135. The van der Waals surface area contributed by atoms with E-state index in [1.807, 2.05) is 24.5 Å². The van der Waals surface area contributed by atoms with Crippen LogP contribution in [-0.2, 0) is 14.3 Å². The zero-order valence-corrected chi connectivity index (χ0v) is 17.5. The van der Waals surface area contributed by atoms with Crippen molar-refractivity contribution in [3.05, 3.63) is 63.0 Å². The van der Waals surface area contributed by atoms with Gasteiger partial charge in [0.25, 0.3) is 17.5 Å². The molecule has 1 fully saturated rings. The van der Waals surface area contributed by atoms with Gasteiger partial charge in [0.15, 0.2) is 5.11 Å². The van der Waals surface area contributed by atoms with E-state index < -0.39 is 16.7 Å². The number of methoxy groups -OCH3 is 1. The smallest absolute Gasteiger partial charge is 0.269 e. The van der Waals surface area contributed by atoms with E-state index in [4.69, 9.17) is 17.0 Å². The fourth-order valence-corrected chi connectivity index (χ4v) is 3.56. The van der Waals surface area contributed by atoms with Crippen molar-refractivity contribution < 1.29 is 19.2 Å². The van der Waals surface area contributed by atoms with Crippen LogP contribution in [0.4, 0.5) is 5.69 Å². The van der Waals surface area contributed by atoms with Gasteiger partial charge in [-0.2, -0.15) is 0 Å². The van der Waals surface area contributed by atoms with Crippen molar-refractivity contribution in [2.24, 2.45) is 0 Å². The predicted molar refractivity (Wildman–Crippen MR) is 114 cm³/mol. The first-order chi connectivity index (χ1) is 14.2. The first kappa shape index (κ1) is 21.3. The van der Waals surface area contributed by atoms with Crippen LogP contribution in [0.15, 0.2) is 35.9 Å². The van der Waals surface area contributed by atoms with Crippen LogP contribution in [0.1, 0.15) is 17.0 Å². The number of ether oxygens (including phenoxy) is 1. The number of nitrogens with zero attached hydrogens (tertiary/aromatic N) is 3. The standard InChI is InChI=1S/C20H20N4O5S/c1-12-10-14(13(2)23(12)15-4-6-16(7-5-15)24(27)28)11-17-18(25)21-20(30)22(19(17)26)8-9-29-3/h4-7,10-11H,8-9H2,1-3H3,(H,21,25,30)/b17-11+. The molecule has 1 aromatic heterocycles. The van der Waals surface area contributed by atoms with E-state index in [1.165, 1.54) is 30.2 Å². The lowest BCUT2D eigenvalue weighted by Crippen LogP contribution is -2.54. The van der Waals surface area contributed by atoms with E-state index >= 15 is 0 Å². The third-order valence-corrected chi connectivity index (χ3v) is 5.12. The van der Waals surface area contributed by atoms with Gasteiger partial charge in [0, 0.05) is 36.3 Å². The van der Waals surface area contributed by atoms with Crippen LogP contribution >= 0.6 is 12.2 Å². The topological polar surface area (TPSA) is 107 Å². The monoisotopic (exact) mass is 428 g/mol. The van der Waals surface area contributed by atoms with Crippen LogP contribution in [0.25, 0.3) is 11.8 Å². The molecule has 1 saturated heterocycles. The first-order valence-corrected chi connectivity index (χ1v) is 9.47. The van der Waals surface area contributed by atoms with Gasteiger partial charge in [0.05, 0.1) is 18.1 Å². The van der Waals surface area contributed by atoms with Gasteiger partial charge in [-0.3, -0.25) is 29.9 Å². The number of nitro benzene ring substituents is 1. The fourth-order valence-electron chi connectivity index (χ4n) is 3.29. The lowest BCUT2D eigenvalue weighted by molar-refractivity contribution is -0.384. The van der Waals surface area contributed by atoms with Crippen LogP contribution in [0.5, 0.6) is 0 Å². The lowest BCUT2D eigenvalue weighted by Gasteiger charge is -2.28. The molecule has 0 saturated carbocycles. The van der Waals surface area contributed by atoms with E-state index in [-0.39, 0.29) is 29.5 Å². The van der Waals surface area contributed by atoms with Crippen LogP contribution in [0.2, 0.25) is 0 Å². The van der Waals surface area contributed by atoms with Crippen LogP contribution in [0, 0.1) is 24.0 Å². The number of benzene rings is 1. The number of non-ortho nitro benzene ring substituents is 1. The predicted octanol–water partition coefficient (Wildman–Crippen LogP) is 2.28. The second-order valence-corrected chi connectivity index (χ2v) is 7.09. The van der Waals surface area contributed by atoms with Crippen LogP contribution in [0.3, 0.4) is 0 Å². The van der Waals surface area contributed by atoms with Crippen molar-refractivity contribution in [1.82, 2.24) is 14.8 Å². The van der Waals surface area contributed by atoms with E-state index in [1.54, 1.807) is 12.1 Å². The molecule has 2 aromatic rings. The van der Waals surface area contributed by atoms with E-state index in [0.717, 1.165) is 17.1 Å². The number of rotatable bonds is 6. The maximum Gasteiger partial charge on any atom is 0.269 e. The van der Waals surface area contributed by atoms with E-state index in [9.17, 15) is 19.7 Å². The number of hydrogen-bond donors (Lipinski definition) is 1. The zero-order chi connectivity index (χ0) is 22.0. The Morgan fingerprint density at radius 3 is 2.50 bits per heavy atom. The molecule has 0 spiro atoms. The van der Waals surface area contributed by atoms with Crippen molar-refractivity contribution in [3.8, 4) is 5.69 Å². The summed E-state index contributed by atoms with van der Waals surface area (Å²) in [5.41, 5.74) is 3.03. The van der Waals surface area contributed by atoms with Gasteiger partial charge < -0.3 is 9.30 Å². The number of carbonyl (C=O) groups excluding carboxylic acids is 2. The minimum Gasteiger partial charge on any atom is -0.383 e. The highest BCUT2D eigenvalue weighted by Crippen LogP contribution is 2.25. The third-order valence-electron chi connectivity index (χ3n) is 4.79. The van der Waals surface area contributed by atoms with E-state index in [2.05, 4.69) is 5.32 Å². The molecule has 1 aliphatic heterocycles. The van der Waals surface area contributed by atoms with Gasteiger partial charge in [-0.15, -0.1) is 0 Å². The Morgan fingerprint density at radius 1 is 1.23 bits per heavy atom. The summed E-state index contributed by atoms with van der Waals surface area (Å²) in [7, 11) is 1.51. The van der Waals surface area contributed by atoms with Crippen LogP contribution < -0.4 is 5.32 Å². The van der Waals surface area contributed by atoms with Crippen molar-refractivity contribution in [2.75, 3.05) is 20.3 Å². The number of aromatic nitrogens is 1. The first-order valence-electron chi connectivity index (χ1n) is 9.06. The largest absolute Gasteiger partial charge is 0.383 e. The second-order valence-electron chi connectivity index (χ2n) is 6.70. The molecule has 156 valence electrons. The average molecular weight is 428 g/mol. The summed E-state index contributed by atoms with van der Waals surface area (Å²) in [5, 5.41) is 13.5. The van der Waals surface area contributed by atoms with Gasteiger partial charge in [-0.05, 0) is 55.9 Å². The molecular weight excluding hydrogens is 408 g/mol. The van der Waals surface area contributed by atoms with Gasteiger partial charge in [-0.1, -0.05) is 0 Å². The fraction of sp³-hybridized carbons (Fsp3) is 0.250. The van der Waals surface area contributed by atoms with Crippen molar-refractivity contribution in [2.45, 2.75) is 13.8 Å². The van der Waals surface area contributed by atoms with Gasteiger partial charge in [-0.25, -0.2) is 0 Å². The maximum atomic E-state index is 12.8. The third kappa shape index (κ3) is 4.00. The number of thiocarbonyl (C=S) groups is 1. The Hall–Kier alpha value is -3.37. The average Bonchev–Trinajstić information content (AvgIpc) is 2.98. The molecule has 1 N–H and O–H groups in total. The van der Waals surface area contributed by atoms with Crippen molar-refractivity contribution in [1.29, 1.82) is 0 Å². The second kappa shape index (κ2) is 8.56. The Bertz CT molecular complexity index is 1070. The molecule has 0 atom stereocenters. The Balaban J connectivity index is 1.98. The number of hydrogen-bond acceptors (Lipinski definition) is 6. The highest BCUT2D eigenvalue weighted by molar-refractivity contribution is 7.80. The quantitative estimate of drug-likeness (QED) is 0.249. The minimum atomic E-state index is -0.557. The SMILES string of the molecule is COCCN1C(=O)/C(=C/c2cc(C)n(-c3ccc([N+](=O)[O-])cc3)c2C)C(=O)NC1=S. The molecule has 1 aromatic carbocycles. The van der Waals surface area contributed by atoms with Crippen molar-refractivity contribution >= 4 is 40.9 Å². The molecule has 9 nitrogen and oxygen atoms in total. The van der Waals surface area contributed by atoms with Gasteiger partial charge in [0.2, 0.25) is 0 Å². The summed E-state index contributed by atoms with van der Waals surface area (Å²) in [6, 6.07) is 8.01. The molecule has 0 radical (unpaired) electrons. The molecule has 3 rings (SSSR count). The Morgan fingerprint density at radius 2 is 1.90 bits per heavy atom. The van der Waals surface area contributed by atoms with Gasteiger partial charge in [0.1, 0.15) is 5.57 Å². The van der Waals surface area contributed by atoms with Crippen molar-refractivity contribution in [3.63, 3.8) is 0 Å². The summed E-state index contributed by atoms with van der Waals surface area (Å²) >= 11 is 5.09. The summed E-state index contributed by atoms with van der Waals surface area (Å²) in [5.74, 6) is -1.04. The highest BCUT2D eigenvalue weighted by Gasteiger charge is 2.33. The Kier molecular flexibility index (Phi) is 6.09. The maximum absolute atomic E-state index is 12.8. The Labute approximate surface area is 178 Å². The van der Waals surface area contributed by atoms with Gasteiger partial charge >= 0.3 is 0 Å². The normalized spacial score (nSPS) is 15.6. The lowest BCUT2D eigenvalue weighted by atomic mass is 10.1.